The fourth-order valence-electron chi connectivity index (χ4n) is 2.57. The maximum atomic E-state index is 12.4. The Morgan fingerprint density at radius 3 is 2.41 bits per heavy atom. The quantitative estimate of drug-likeness (QED) is 0.188. The van der Waals surface area contributed by atoms with E-state index < -0.39 is 5.91 Å². The van der Waals surface area contributed by atoms with E-state index in [0.717, 1.165) is 6.42 Å². The van der Waals surface area contributed by atoms with Gasteiger partial charge >= 0.3 is 0 Å². The Bertz CT molecular complexity index is 1020. The second-order valence-electron chi connectivity index (χ2n) is 7.66. The summed E-state index contributed by atoms with van der Waals surface area (Å²) in [4.78, 5) is 24.4. The van der Waals surface area contributed by atoms with Crippen LogP contribution in [0.25, 0.3) is 0 Å². The normalized spacial score (nSPS) is 10.5. The van der Waals surface area contributed by atoms with E-state index in [1.807, 2.05) is 0 Å². The van der Waals surface area contributed by atoms with Crippen molar-refractivity contribution in [3.63, 3.8) is 0 Å². The van der Waals surface area contributed by atoms with E-state index in [0.29, 0.717) is 57.1 Å². The van der Waals surface area contributed by atoms with Crippen LogP contribution >= 0.6 is 51.3 Å². The molecule has 0 radical (unpaired) electrons. The van der Waals surface area contributed by atoms with Crippen LogP contribution in [0, 0.1) is 5.92 Å². The molecule has 0 heterocycles. The van der Waals surface area contributed by atoms with Gasteiger partial charge in [0.15, 0.2) is 5.11 Å². The molecule has 0 spiro atoms. The fourth-order valence-corrected chi connectivity index (χ4v) is 3.67. The standard InChI is InChI=1S/C23H26BrCl2N3O4S/c1-14(2)9-11-33-19-7-5-15(12-17(19)24)22(31)27-23(34)29-28-21(30)4-3-10-32-20-8-6-16(25)13-18(20)26/h5-8,12-14H,3-4,9-11H2,1-2H3,(H,28,30)(H2,27,29,31,34). The van der Waals surface area contributed by atoms with Gasteiger partial charge in [-0.15, -0.1) is 0 Å². The van der Waals surface area contributed by atoms with Crippen molar-refractivity contribution in [3.8, 4) is 11.5 Å². The van der Waals surface area contributed by atoms with Crippen LogP contribution in [0.5, 0.6) is 11.5 Å². The van der Waals surface area contributed by atoms with E-state index in [9.17, 15) is 9.59 Å². The molecular weight excluding hydrogens is 565 g/mol. The van der Waals surface area contributed by atoms with E-state index in [2.05, 4.69) is 45.9 Å². The Kier molecular flexibility index (Phi) is 11.9. The molecule has 3 N–H and O–H groups in total. The Balaban J connectivity index is 1.69. The monoisotopic (exact) mass is 589 g/mol. The van der Waals surface area contributed by atoms with Gasteiger partial charge in [-0.1, -0.05) is 37.0 Å². The first-order chi connectivity index (χ1) is 16.2. The molecule has 0 aliphatic rings. The summed E-state index contributed by atoms with van der Waals surface area (Å²) in [6, 6.07) is 9.92. The molecule has 2 aromatic rings. The van der Waals surface area contributed by atoms with Gasteiger partial charge in [0.05, 0.1) is 22.7 Å². The molecule has 0 bridgehead atoms. The Labute approximate surface area is 223 Å². The van der Waals surface area contributed by atoms with Crippen molar-refractivity contribution >= 4 is 68.3 Å². The zero-order valence-electron chi connectivity index (χ0n) is 18.8. The van der Waals surface area contributed by atoms with Gasteiger partial charge in [-0.05, 0) is 83.3 Å². The van der Waals surface area contributed by atoms with E-state index in [-0.39, 0.29) is 17.4 Å². The summed E-state index contributed by atoms with van der Waals surface area (Å²) >= 11 is 20.4. The van der Waals surface area contributed by atoms with E-state index in [1.165, 1.54) is 0 Å². The SMILES string of the molecule is CC(C)CCOc1ccc(C(=O)NC(=S)NNC(=O)CCCOc2ccc(Cl)cc2Cl)cc1Br. The number of nitrogens with one attached hydrogen (secondary N) is 3. The molecule has 2 amide bonds. The van der Waals surface area contributed by atoms with Gasteiger partial charge in [0, 0.05) is 17.0 Å². The third kappa shape index (κ3) is 10.0. The largest absolute Gasteiger partial charge is 0.492 e. The third-order valence-corrected chi connectivity index (χ3v) is 5.74. The zero-order chi connectivity index (χ0) is 25.1. The Morgan fingerprint density at radius 1 is 1.03 bits per heavy atom. The van der Waals surface area contributed by atoms with Crippen LogP contribution in [0.4, 0.5) is 0 Å². The molecule has 34 heavy (non-hydrogen) atoms. The van der Waals surface area contributed by atoms with E-state index in [4.69, 9.17) is 44.9 Å². The number of hydrogen-bond acceptors (Lipinski definition) is 5. The van der Waals surface area contributed by atoms with Crippen molar-refractivity contribution in [1.29, 1.82) is 0 Å². The second-order valence-corrected chi connectivity index (χ2v) is 9.77. The zero-order valence-corrected chi connectivity index (χ0v) is 22.7. The first-order valence-electron chi connectivity index (χ1n) is 10.6. The lowest BCUT2D eigenvalue weighted by molar-refractivity contribution is -0.121. The summed E-state index contributed by atoms with van der Waals surface area (Å²) in [5.41, 5.74) is 5.33. The van der Waals surface area contributed by atoms with Crippen LogP contribution in [-0.4, -0.2) is 30.1 Å². The van der Waals surface area contributed by atoms with Crippen LogP contribution in [0.2, 0.25) is 10.0 Å². The minimum absolute atomic E-state index is 0.0315. The van der Waals surface area contributed by atoms with Crippen LogP contribution in [-0.2, 0) is 4.79 Å². The number of ether oxygens (including phenoxy) is 2. The molecule has 0 aliphatic carbocycles. The van der Waals surface area contributed by atoms with Gasteiger partial charge in [-0.25, -0.2) is 0 Å². The maximum absolute atomic E-state index is 12.4. The number of carbonyl (C=O) groups is 2. The van der Waals surface area contributed by atoms with Crippen molar-refractivity contribution in [1.82, 2.24) is 16.2 Å². The van der Waals surface area contributed by atoms with Crippen molar-refractivity contribution in [2.75, 3.05) is 13.2 Å². The summed E-state index contributed by atoms with van der Waals surface area (Å²) < 4.78 is 11.9. The minimum Gasteiger partial charge on any atom is -0.492 e. The van der Waals surface area contributed by atoms with E-state index in [1.54, 1.807) is 36.4 Å². The molecule has 184 valence electrons. The highest BCUT2D eigenvalue weighted by Crippen LogP contribution is 2.28. The lowest BCUT2D eigenvalue weighted by Gasteiger charge is -2.13. The predicted molar refractivity (Wildman–Crippen MR) is 142 cm³/mol. The number of carbonyl (C=O) groups excluding carboxylic acids is 2. The third-order valence-electron chi connectivity index (χ3n) is 4.39. The van der Waals surface area contributed by atoms with Crippen LogP contribution < -0.4 is 25.6 Å². The second kappa shape index (κ2) is 14.4. The van der Waals surface area contributed by atoms with Crippen LogP contribution in [0.1, 0.15) is 43.5 Å². The predicted octanol–water partition coefficient (Wildman–Crippen LogP) is 5.68. The highest BCUT2D eigenvalue weighted by atomic mass is 79.9. The average molecular weight is 591 g/mol. The van der Waals surface area contributed by atoms with Gasteiger partial charge in [0.25, 0.3) is 5.91 Å². The molecule has 2 rings (SSSR count). The average Bonchev–Trinajstić information content (AvgIpc) is 2.77. The molecule has 0 atom stereocenters. The first-order valence-corrected chi connectivity index (χ1v) is 12.5. The first kappa shape index (κ1) is 28.2. The number of hydrogen-bond donors (Lipinski definition) is 3. The topological polar surface area (TPSA) is 88.7 Å². The molecule has 0 unspecified atom stereocenters. The molecule has 0 fully saturated rings. The number of thiocarbonyl (C=S) groups is 1. The van der Waals surface area contributed by atoms with Gasteiger partial charge in [-0.2, -0.15) is 0 Å². The molecule has 11 heteroatoms. The fraction of sp³-hybridized carbons (Fsp3) is 0.348. The lowest BCUT2D eigenvalue weighted by atomic mass is 10.1. The van der Waals surface area contributed by atoms with Crippen molar-refractivity contribution in [2.24, 2.45) is 5.92 Å². The number of amides is 2. The van der Waals surface area contributed by atoms with Crippen LogP contribution in [0.15, 0.2) is 40.9 Å². The lowest BCUT2D eigenvalue weighted by Crippen LogP contribution is -2.48. The summed E-state index contributed by atoms with van der Waals surface area (Å²) in [5.74, 6) is 0.963. The summed E-state index contributed by atoms with van der Waals surface area (Å²) in [5, 5.41) is 3.40. The van der Waals surface area contributed by atoms with E-state index >= 15 is 0 Å². The van der Waals surface area contributed by atoms with Gasteiger partial charge in [-0.3, -0.25) is 25.8 Å². The van der Waals surface area contributed by atoms with Crippen molar-refractivity contribution in [3.05, 3.63) is 56.5 Å². The molecule has 2 aromatic carbocycles. The Hall–Kier alpha value is -2.07. The molecule has 0 aliphatic heterocycles. The number of rotatable bonds is 10. The van der Waals surface area contributed by atoms with Crippen molar-refractivity contribution < 1.29 is 19.1 Å². The summed E-state index contributed by atoms with van der Waals surface area (Å²) in [6.45, 7) is 5.14. The Morgan fingerprint density at radius 2 is 1.74 bits per heavy atom. The van der Waals surface area contributed by atoms with Gasteiger partial charge < -0.3 is 9.47 Å². The maximum Gasteiger partial charge on any atom is 0.257 e. The highest BCUT2D eigenvalue weighted by Gasteiger charge is 2.12. The smallest absolute Gasteiger partial charge is 0.257 e. The molecule has 0 aromatic heterocycles. The molecule has 0 saturated carbocycles. The molecule has 0 saturated heterocycles. The number of benzene rings is 2. The van der Waals surface area contributed by atoms with Gasteiger partial charge in [0.2, 0.25) is 5.91 Å². The highest BCUT2D eigenvalue weighted by molar-refractivity contribution is 9.10. The minimum atomic E-state index is -0.422. The number of halogens is 3. The molecular formula is C23H26BrCl2N3O4S. The van der Waals surface area contributed by atoms with Gasteiger partial charge in [0.1, 0.15) is 11.5 Å². The van der Waals surface area contributed by atoms with Crippen molar-refractivity contribution in [2.45, 2.75) is 33.1 Å². The number of hydrazine groups is 1. The van der Waals surface area contributed by atoms with Crippen LogP contribution in [0.3, 0.4) is 0 Å². The summed E-state index contributed by atoms with van der Waals surface area (Å²) in [7, 11) is 0. The summed E-state index contributed by atoms with van der Waals surface area (Å²) in [6.07, 6.45) is 1.56. The molecule has 7 nitrogen and oxygen atoms in total.